The minimum absolute atomic E-state index is 0. The van der Waals surface area contributed by atoms with Crippen LogP contribution in [0, 0.1) is 12.7 Å². The first-order valence-electron chi connectivity index (χ1n) is 3.00. The summed E-state index contributed by atoms with van der Waals surface area (Å²) >= 11 is 1.54. The van der Waals surface area contributed by atoms with Gasteiger partial charge in [-0.2, -0.15) is 11.8 Å². The molecule has 63 valence electrons. The molecule has 0 unspecified atom stereocenters. The Bertz CT molecular complexity index is 215. The Kier molecular flexibility index (Phi) is 5.63. The zero-order valence-electron chi connectivity index (χ0n) is 5.84. The first kappa shape index (κ1) is 11.0. The quantitative estimate of drug-likeness (QED) is 0.538. The average Bonchev–Trinajstić information content (AvgIpc) is 1.88. The Morgan fingerprint density at radius 2 is 2.18 bits per heavy atom. The predicted molar refractivity (Wildman–Crippen MR) is 42.5 cm³/mol. The molecule has 0 nitrogen and oxygen atoms in total. The number of rotatable bonds is 2. The van der Waals surface area contributed by atoms with Crippen LogP contribution < -0.4 is 0 Å². The van der Waals surface area contributed by atoms with Gasteiger partial charge in [-0.3, -0.25) is 0 Å². The van der Waals surface area contributed by atoms with E-state index in [0.717, 1.165) is 10.6 Å². The molecule has 0 aromatic heterocycles. The Labute approximate surface area is 80.8 Å². The summed E-state index contributed by atoms with van der Waals surface area (Å²) in [6, 6.07) is 6.52. The second kappa shape index (κ2) is 5.63. The van der Waals surface area contributed by atoms with Crippen molar-refractivity contribution in [1.29, 1.82) is 0 Å². The molecule has 1 radical (unpaired) electrons. The SMILES string of the molecule is [CH2-]CSc1cccc(F)c1.[Co]. The van der Waals surface area contributed by atoms with Crippen LogP contribution in [0.25, 0.3) is 0 Å². The molecule has 1 aromatic rings. The van der Waals surface area contributed by atoms with E-state index >= 15 is 0 Å². The minimum atomic E-state index is -0.182. The molecule has 0 N–H and O–H groups in total. The molecule has 0 aliphatic rings. The maximum absolute atomic E-state index is 12.5. The van der Waals surface area contributed by atoms with Crippen LogP contribution in [0.1, 0.15) is 0 Å². The van der Waals surface area contributed by atoms with E-state index in [1.54, 1.807) is 6.07 Å². The summed E-state index contributed by atoms with van der Waals surface area (Å²) in [5, 5.41) is 0. The summed E-state index contributed by atoms with van der Waals surface area (Å²) in [7, 11) is 0. The van der Waals surface area contributed by atoms with E-state index in [1.807, 2.05) is 6.07 Å². The van der Waals surface area contributed by atoms with Crippen molar-refractivity contribution in [3.63, 3.8) is 0 Å². The molecule has 1 aromatic carbocycles. The Morgan fingerprint density at radius 3 is 2.73 bits per heavy atom. The molecule has 0 bridgehead atoms. The maximum Gasteiger partial charge on any atom is 0.124 e. The molecule has 0 saturated heterocycles. The van der Waals surface area contributed by atoms with E-state index in [2.05, 4.69) is 6.92 Å². The van der Waals surface area contributed by atoms with Gasteiger partial charge in [-0.1, -0.05) is 6.07 Å². The third kappa shape index (κ3) is 3.79. The topological polar surface area (TPSA) is 0 Å². The zero-order chi connectivity index (χ0) is 7.40. The summed E-state index contributed by atoms with van der Waals surface area (Å²) < 4.78 is 12.5. The van der Waals surface area contributed by atoms with Gasteiger partial charge in [-0.05, 0) is 18.2 Å². The fraction of sp³-hybridized carbons (Fsp3) is 0.125. The first-order chi connectivity index (χ1) is 4.83. The van der Waals surface area contributed by atoms with Crippen molar-refractivity contribution in [3.05, 3.63) is 37.0 Å². The molecule has 0 atom stereocenters. The van der Waals surface area contributed by atoms with Gasteiger partial charge in [0.15, 0.2) is 0 Å². The Hall–Kier alpha value is 0.00649. The third-order valence-corrected chi connectivity index (χ3v) is 1.86. The van der Waals surface area contributed by atoms with Gasteiger partial charge in [0.05, 0.1) is 0 Å². The smallest absolute Gasteiger partial charge is 0.124 e. The molecular formula is C8H8CoFS-. The van der Waals surface area contributed by atoms with Crippen LogP contribution in [-0.4, -0.2) is 5.75 Å². The molecule has 0 amide bonds. The second-order valence-corrected chi connectivity index (χ2v) is 2.97. The van der Waals surface area contributed by atoms with Crippen molar-refractivity contribution in [2.45, 2.75) is 4.90 Å². The minimum Gasteiger partial charge on any atom is -0.333 e. The molecule has 3 heteroatoms. The van der Waals surface area contributed by atoms with Gasteiger partial charge >= 0.3 is 0 Å². The van der Waals surface area contributed by atoms with Gasteiger partial charge in [-0.15, -0.1) is 5.75 Å². The van der Waals surface area contributed by atoms with E-state index < -0.39 is 0 Å². The van der Waals surface area contributed by atoms with Crippen LogP contribution in [0.4, 0.5) is 4.39 Å². The summed E-state index contributed by atoms with van der Waals surface area (Å²) in [6.45, 7) is 3.65. The largest absolute Gasteiger partial charge is 0.333 e. The van der Waals surface area contributed by atoms with Gasteiger partial charge < -0.3 is 6.92 Å². The van der Waals surface area contributed by atoms with Crippen molar-refractivity contribution in [1.82, 2.24) is 0 Å². The second-order valence-electron chi connectivity index (χ2n) is 1.81. The van der Waals surface area contributed by atoms with Gasteiger partial charge in [0.25, 0.3) is 0 Å². The van der Waals surface area contributed by atoms with E-state index in [0.29, 0.717) is 0 Å². The van der Waals surface area contributed by atoms with Gasteiger partial charge in [0.1, 0.15) is 5.82 Å². The van der Waals surface area contributed by atoms with Gasteiger partial charge in [-0.25, -0.2) is 4.39 Å². The zero-order valence-corrected chi connectivity index (χ0v) is 7.70. The number of hydrogen-bond donors (Lipinski definition) is 0. The van der Waals surface area contributed by atoms with Gasteiger partial charge in [0, 0.05) is 21.7 Å². The summed E-state index contributed by atoms with van der Waals surface area (Å²) in [6.07, 6.45) is 0. The van der Waals surface area contributed by atoms with Crippen molar-refractivity contribution >= 4 is 11.8 Å². The molecule has 0 aliphatic heterocycles. The monoisotopic (exact) mass is 214 g/mol. The Morgan fingerprint density at radius 1 is 1.45 bits per heavy atom. The van der Waals surface area contributed by atoms with Crippen molar-refractivity contribution in [2.24, 2.45) is 0 Å². The standard InChI is InChI=1S/C8H8FS.Co/c1-2-10-8-5-3-4-7(9)6-8;/h3-6H,1-2H2;/q-1;. The molecule has 11 heavy (non-hydrogen) atoms. The van der Waals surface area contributed by atoms with Crippen LogP contribution in [0.5, 0.6) is 0 Å². The van der Waals surface area contributed by atoms with E-state index in [9.17, 15) is 4.39 Å². The first-order valence-corrected chi connectivity index (χ1v) is 3.99. The van der Waals surface area contributed by atoms with Crippen LogP contribution in [0.3, 0.4) is 0 Å². The normalized spacial score (nSPS) is 8.91. The Balaban J connectivity index is 0.000001000. The molecule has 0 fully saturated rings. The molecule has 1 rings (SSSR count). The summed E-state index contributed by atoms with van der Waals surface area (Å²) in [5.41, 5.74) is 0. The van der Waals surface area contributed by atoms with E-state index in [-0.39, 0.29) is 22.6 Å². The van der Waals surface area contributed by atoms with Crippen molar-refractivity contribution in [2.75, 3.05) is 5.75 Å². The molecule has 0 heterocycles. The molecule has 0 saturated carbocycles. The molecular weight excluding hydrogens is 206 g/mol. The molecule has 0 aliphatic carbocycles. The number of halogens is 1. The van der Waals surface area contributed by atoms with Crippen LogP contribution >= 0.6 is 11.8 Å². The average molecular weight is 214 g/mol. The van der Waals surface area contributed by atoms with Crippen LogP contribution in [0.15, 0.2) is 29.2 Å². The van der Waals surface area contributed by atoms with E-state index in [4.69, 9.17) is 0 Å². The summed E-state index contributed by atoms with van der Waals surface area (Å²) in [4.78, 5) is 0.940. The molecule has 0 spiro atoms. The number of hydrogen-bond acceptors (Lipinski definition) is 1. The number of benzene rings is 1. The fourth-order valence-electron chi connectivity index (χ4n) is 0.675. The van der Waals surface area contributed by atoms with Gasteiger partial charge in [0.2, 0.25) is 0 Å². The summed E-state index contributed by atoms with van der Waals surface area (Å²) in [5.74, 6) is 0.558. The van der Waals surface area contributed by atoms with E-state index in [1.165, 1.54) is 23.9 Å². The van der Waals surface area contributed by atoms with Crippen LogP contribution in [0.2, 0.25) is 0 Å². The maximum atomic E-state index is 12.5. The van der Waals surface area contributed by atoms with Crippen LogP contribution in [-0.2, 0) is 16.8 Å². The van der Waals surface area contributed by atoms with Crippen molar-refractivity contribution in [3.8, 4) is 0 Å². The van der Waals surface area contributed by atoms with Crippen molar-refractivity contribution < 1.29 is 21.2 Å². The fourth-order valence-corrected chi connectivity index (χ4v) is 1.28. The predicted octanol–water partition coefficient (Wildman–Crippen LogP) is 2.75. The third-order valence-electron chi connectivity index (χ3n) is 1.06. The number of thioether (sulfide) groups is 1.